The van der Waals surface area contributed by atoms with Crippen LogP contribution in [-0.2, 0) is 14.3 Å². The van der Waals surface area contributed by atoms with Crippen molar-refractivity contribution in [2.75, 3.05) is 6.61 Å². The van der Waals surface area contributed by atoms with E-state index in [9.17, 15) is 9.59 Å². The molecule has 0 saturated carbocycles. The van der Waals surface area contributed by atoms with Crippen molar-refractivity contribution in [3.05, 3.63) is 11.3 Å². The minimum absolute atomic E-state index is 0.0306. The molecular formula is C11H15NO4. The van der Waals surface area contributed by atoms with E-state index in [4.69, 9.17) is 9.84 Å². The Bertz CT molecular complexity index is 381. The number of carboxylic acid groups (broad SMARTS) is 1. The average molecular weight is 225 g/mol. The molecule has 0 amide bonds. The van der Waals surface area contributed by atoms with E-state index in [0.29, 0.717) is 12.0 Å². The number of aliphatic imine (C=N–C) groups is 1. The van der Waals surface area contributed by atoms with Gasteiger partial charge in [-0.3, -0.25) is 0 Å². The number of allylic oxidation sites excluding steroid dienone is 1. The number of carbonyl (C=O) groups is 2. The van der Waals surface area contributed by atoms with E-state index < -0.39 is 11.9 Å². The van der Waals surface area contributed by atoms with Crippen LogP contribution in [0.2, 0.25) is 0 Å². The second-order valence-corrected chi connectivity index (χ2v) is 3.52. The molecule has 1 atom stereocenters. The van der Waals surface area contributed by atoms with Crippen LogP contribution in [-0.4, -0.2) is 29.4 Å². The Morgan fingerprint density at radius 2 is 2.06 bits per heavy atom. The highest BCUT2D eigenvalue weighted by molar-refractivity contribution is 6.38. The smallest absolute Gasteiger partial charge is 0.356 e. The van der Waals surface area contributed by atoms with Gasteiger partial charge >= 0.3 is 11.9 Å². The van der Waals surface area contributed by atoms with Crippen molar-refractivity contribution in [2.45, 2.75) is 27.2 Å². The molecule has 1 unspecified atom stereocenters. The van der Waals surface area contributed by atoms with E-state index in [-0.39, 0.29) is 23.9 Å². The van der Waals surface area contributed by atoms with Crippen LogP contribution < -0.4 is 0 Å². The number of aliphatic carboxylic acids is 1. The van der Waals surface area contributed by atoms with Gasteiger partial charge in [0.05, 0.1) is 6.61 Å². The first kappa shape index (κ1) is 12.4. The van der Waals surface area contributed by atoms with Gasteiger partial charge in [0.25, 0.3) is 0 Å². The zero-order valence-corrected chi connectivity index (χ0v) is 9.61. The number of carbonyl (C=O) groups excluding carboxylic acids is 1. The van der Waals surface area contributed by atoms with Crippen LogP contribution in [0.3, 0.4) is 0 Å². The number of rotatable bonds is 4. The van der Waals surface area contributed by atoms with Gasteiger partial charge < -0.3 is 9.84 Å². The van der Waals surface area contributed by atoms with E-state index in [1.807, 2.05) is 6.92 Å². The van der Waals surface area contributed by atoms with Crippen LogP contribution in [0, 0.1) is 5.92 Å². The zero-order chi connectivity index (χ0) is 12.3. The number of hydrogen-bond acceptors (Lipinski definition) is 4. The van der Waals surface area contributed by atoms with E-state index in [1.54, 1.807) is 13.8 Å². The maximum atomic E-state index is 11.5. The number of ether oxygens (including phenoxy) is 1. The van der Waals surface area contributed by atoms with Gasteiger partial charge in [0.2, 0.25) is 0 Å². The zero-order valence-electron chi connectivity index (χ0n) is 9.61. The summed E-state index contributed by atoms with van der Waals surface area (Å²) in [6.45, 7) is 5.53. The van der Waals surface area contributed by atoms with Gasteiger partial charge in [-0.15, -0.1) is 0 Å². The van der Waals surface area contributed by atoms with Gasteiger partial charge in [0, 0.05) is 5.92 Å². The Morgan fingerprint density at radius 3 is 2.44 bits per heavy atom. The molecule has 88 valence electrons. The SMILES string of the molecule is CCOC(=O)C1=C(C)C(CC)C(C(=O)O)=N1. The van der Waals surface area contributed by atoms with Crippen LogP contribution >= 0.6 is 0 Å². The maximum Gasteiger partial charge on any atom is 0.356 e. The lowest BCUT2D eigenvalue weighted by atomic mass is 9.94. The van der Waals surface area contributed by atoms with Crippen molar-refractivity contribution in [3.8, 4) is 0 Å². The molecule has 1 heterocycles. The van der Waals surface area contributed by atoms with Crippen molar-refractivity contribution < 1.29 is 19.4 Å². The molecular weight excluding hydrogens is 210 g/mol. The summed E-state index contributed by atoms with van der Waals surface area (Å²) in [6.07, 6.45) is 0.611. The molecule has 0 aromatic heterocycles. The summed E-state index contributed by atoms with van der Waals surface area (Å²) in [5.74, 6) is -1.91. The fourth-order valence-electron chi connectivity index (χ4n) is 1.76. The molecule has 0 aliphatic carbocycles. The highest BCUT2D eigenvalue weighted by Gasteiger charge is 2.33. The van der Waals surface area contributed by atoms with E-state index in [2.05, 4.69) is 4.99 Å². The molecule has 0 fully saturated rings. The largest absolute Gasteiger partial charge is 0.477 e. The molecule has 0 spiro atoms. The van der Waals surface area contributed by atoms with Crippen molar-refractivity contribution in [1.29, 1.82) is 0 Å². The van der Waals surface area contributed by atoms with Gasteiger partial charge in [0.1, 0.15) is 11.4 Å². The number of nitrogens with zero attached hydrogens (tertiary/aromatic N) is 1. The Morgan fingerprint density at radius 1 is 1.44 bits per heavy atom. The summed E-state index contributed by atoms with van der Waals surface area (Å²) in [5.41, 5.74) is 0.854. The molecule has 1 rings (SSSR count). The molecule has 0 aromatic rings. The predicted octanol–water partition coefficient (Wildman–Crippen LogP) is 1.39. The van der Waals surface area contributed by atoms with Gasteiger partial charge in [-0.05, 0) is 25.8 Å². The summed E-state index contributed by atoms with van der Waals surface area (Å²) < 4.78 is 4.82. The summed E-state index contributed by atoms with van der Waals surface area (Å²) in [4.78, 5) is 26.3. The van der Waals surface area contributed by atoms with Crippen molar-refractivity contribution in [1.82, 2.24) is 0 Å². The summed E-state index contributed by atoms with van der Waals surface area (Å²) in [6, 6.07) is 0. The lowest BCUT2D eigenvalue weighted by molar-refractivity contribution is -0.138. The van der Waals surface area contributed by atoms with Crippen molar-refractivity contribution in [3.63, 3.8) is 0 Å². The third-order valence-electron chi connectivity index (χ3n) is 2.55. The van der Waals surface area contributed by atoms with Gasteiger partial charge in [-0.25, -0.2) is 14.6 Å². The maximum absolute atomic E-state index is 11.5. The second-order valence-electron chi connectivity index (χ2n) is 3.52. The number of esters is 1. The number of carboxylic acids is 1. The molecule has 1 aliphatic rings. The van der Waals surface area contributed by atoms with Crippen LogP contribution in [0.25, 0.3) is 0 Å². The molecule has 16 heavy (non-hydrogen) atoms. The summed E-state index contributed by atoms with van der Waals surface area (Å²) in [5, 5.41) is 8.95. The molecule has 1 aliphatic heterocycles. The lowest BCUT2D eigenvalue weighted by Crippen LogP contribution is -2.20. The Balaban J connectivity index is 3.04. The van der Waals surface area contributed by atoms with E-state index in [0.717, 1.165) is 0 Å². The second kappa shape index (κ2) is 4.92. The highest BCUT2D eigenvalue weighted by atomic mass is 16.5. The van der Waals surface area contributed by atoms with Crippen molar-refractivity contribution in [2.24, 2.45) is 10.9 Å². The van der Waals surface area contributed by atoms with Crippen LogP contribution in [0.15, 0.2) is 16.3 Å². The van der Waals surface area contributed by atoms with Gasteiger partial charge in [-0.1, -0.05) is 6.92 Å². The minimum atomic E-state index is -1.08. The Hall–Kier alpha value is -1.65. The highest BCUT2D eigenvalue weighted by Crippen LogP contribution is 2.29. The molecule has 5 nitrogen and oxygen atoms in total. The van der Waals surface area contributed by atoms with E-state index >= 15 is 0 Å². The predicted molar refractivity (Wildman–Crippen MR) is 58.2 cm³/mol. The summed E-state index contributed by atoms with van der Waals surface area (Å²) >= 11 is 0. The van der Waals surface area contributed by atoms with Crippen LogP contribution in [0.5, 0.6) is 0 Å². The standard InChI is InChI=1S/C11H15NO4/c1-4-7-6(3)8(11(15)16-5-2)12-9(7)10(13)14/h7H,4-5H2,1-3H3,(H,13,14). The third kappa shape index (κ3) is 2.13. The monoisotopic (exact) mass is 225 g/mol. The third-order valence-corrected chi connectivity index (χ3v) is 2.55. The van der Waals surface area contributed by atoms with E-state index in [1.165, 1.54) is 0 Å². The molecule has 1 N–H and O–H groups in total. The van der Waals surface area contributed by atoms with Gasteiger partial charge in [0.15, 0.2) is 0 Å². The Labute approximate surface area is 93.8 Å². The minimum Gasteiger partial charge on any atom is -0.477 e. The quantitative estimate of drug-likeness (QED) is 0.733. The molecule has 5 heteroatoms. The summed E-state index contributed by atoms with van der Waals surface area (Å²) in [7, 11) is 0. The normalized spacial score (nSPS) is 19.7. The molecule has 0 bridgehead atoms. The average Bonchev–Trinajstić information content (AvgIpc) is 2.55. The van der Waals surface area contributed by atoms with Gasteiger partial charge in [-0.2, -0.15) is 0 Å². The lowest BCUT2D eigenvalue weighted by Gasteiger charge is -2.08. The topological polar surface area (TPSA) is 76.0 Å². The fraction of sp³-hybridized carbons (Fsp3) is 0.545. The first-order valence-corrected chi connectivity index (χ1v) is 5.22. The first-order valence-electron chi connectivity index (χ1n) is 5.22. The van der Waals surface area contributed by atoms with Crippen LogP contribution in [0.1, 0.15) is 27.2 Å². The molecule has 0 saturated heterocycles. The molecule has 0 radical (unpaired) electrons. The molecule has 0 aromatic carbocycles. The van der Waals surface area contributed by atoms with Crippen molar-refractivity contribution >= 4 is 17.7 Å². The van der Waals surface area contributed by atoms with Crippen LogP contribution in [0.4, 0.5) is 0 Å². The fourth-order valence-corrected chi connectivity index (χ4v) is 1.76. The Kier molecular flexibility index (Phi) is 3.82. The number of hydrogen-bond donors (Lipinski definition) is 1. The first-order chi connectivity index (χ1) is 7.52.